The summed E-state index contributed by atoms with van der Waals surface area (Å²) in [5.41, 5.74) is 1.14. The number of carbonyl (C=O) groups is 2. The molecule has 1 atom stereocenters. The summed E-state index contributed by atoms with van der Waals surface area (Å²) in [6.07, 6.45) is 1.26. The van der Waals surface area contributed by atoms with Gasteiger partial charge in [0.2, 0.25) is 5.91 Å². The van der Waals surface area contributed by atoms with Gasteiger partial charge in [-0.25, -0.2) is 9.18 Å². The minimum Gasteiger partial charge on any atom is -0.496 e. The molecule has 0 radical (unpaired) electrons. The van der Waals surface area contributed by atoms with Gasteiger partial charge in [0, 0.05) is 32.1 Å². The van der Waals surface area contributed by atoms with Gasteiger partial charge >= 0.3 is 6.09 Å². The Morgan fingerprint density at radius 2 is 1.76 bits per heavy atom. The Hall–Kier alpha value is -3.09. The van der Waals surface area contributed by atoms with Crippen molar-refractivity contribution in [2.45, 2.75) is 57.6 Å². The zero-order chi connectivity index (χ0) is 24.9. The molecule has 3 rings (SSSR count). The molecule has 1 heterocycles. The Bertz CT molecular complexity index is 982. The molecule has 0 bridgehead atoms. The van der Waals surface area contributed by atoms with Crippen LogP contribution in [0.5, 0.6) is 5.75 Å². The van der Waals surface area contributed by atoms with E-state index in [-0.39, 0.29) is 17.6 Å². The van der Waals surface area contributed by atoms with Crippen LogP contribution in [-0.2, 0) is 16.0 Å². The van der Waals surface area contributed by atoms with Gasteiger partial charge in [-0.15, -0.1) is 0 Å². The normalized spacial score (nSPS) is 15.5. The Balaban J connectivity index is 1.75. The van der Waals surface area contributed by atoms with Crippen molar-refractivity contribution in [1.82, 2.24) is 9.80 Å². The number of hydrogen-bond acceptors (Lipinski definition) is 4. The van der Waals surface area contributed by atoms with Crippen molar-refractivity contribution < 1.29 is 23.5 Å². The van der Waals surface area contributed by atoms with Gasteiger partial charge in [-0.1, -0.05) is 30.3 Å². The van der Waals surface area contributed by atoms with Crippen LogP contribution in [0.15, 0.2) is 48.5 Å². The second-order valence-electron chi connectivity index (χ2n) is 9.78. The lowest BCUT2D eigenvalue weighted by Crippen LogP contribution is -2.53. The SMILES string of the molecule is COc1ccc(F)cc1C1CCN(C(=O)C(Cc2ccccc2)N(C)C(=O)OC(C)(C)C)CC1. The number of likely N-dealkylation sites (tertiary alicyclic amines) is 1. The van der Waals surface area contributed by atoms with Gasteiger partial charge in [0.25, 0.3) is 0 Å². The van der Waals surface area contributed by atoms with E-state index in [0.29, 0.717) is 38.1 Å². The van der Waals surface area contributed by atoms with Crippen molar-refractivity contribution in [3.63, 3.8) is 0 Å². The van der Waals surface area contributed by atoms with E-state index in [9.17, 15) is 14.0 Å². The third-order valence-corrected chi connectivity index (χ3v) is 6.14. The maximum Gasteiger partial charge on any atom is 0.410 e. The second kappa shape index (κ2) is 10.9. The highest BCUT2D eigenvalue weighted by Crippen LogP contribution is 2.35. The van der Waals surface area contributed by atoms with Crippen molar-refractivity contribution in [3.05, 3.63) is 65.5 Å². The highest BCUT2D eigenvalue weighted by atomic mass is 19.1. The number of halogens is 1. The van der Waals surface area contributed by atoms with E-state index in [1.54, 1.807) is 45.9 Å². The van der Waals surface area contributed by atoms with Crippen LogP contribution in [0.4, 0.5) is 9.18 Å². The molecule has 2 aromatic rings. The molecular weight excluding hydrogens is 435 g/mol. The number of nitrogens with zero attached hydrogens (tertiary/aromatic N) is 2. The Morgan fingerprint density at radius 1 is 1.12 bits per heavy atom. The lowest BCUT2D eigenvalue weighted by Gasteiger charge is -2.37. The van der Waals surface area contributed by atoms with E-state index in [2.05, 4.69) is 0 Å². The summed E-state index contributed by atoms with van der Waals surface area (Å²) in [5.74, 6) is 0.363. The van der Waals surface area contributed by atoms with Crippen molar-refractivity contribution >= 4 is 12.0 Å². The minimum atomic E-state index is -0.683. The molecule has 6 nitrogen and oxygen atoms in total. The summed E-state index contributed by atoms with van der Waals surface area (Å²) in [7, 11) is 3.19. The third-order valence-electron chi connectivity index (χ3n) is 6.14. The number of likely N-dealkylation sites (N-methyl/N-ethyl adjacent to an activating group) is 1. The van der Waals surface area contributed by atoms with Crippen molar-refractivity contribution in [3.8, 4) is 5.75 Å². The number of hydrogen-bond donors (Lipinski definition) is 0. The Kier molecular flexibility index (Phi) is 8.18. The highest BCUT2D eigenvalue weighted by molar-refractivity contribution is 5.86. The fraction of sp³-hybridized carbons (Fsp3) is 0.481. The molecular formula is C27H35FN2O4. The Morgan fingerprint density at radius 3 is 2.35 bits per heavy atom. The van der Waals surface area contributed by atoms with Crippen LogP contribution in [-0.4, -0.2) is 60.7 Å². The van der Waals surface area contributed by atoms with Gasteiger partial charge in [-0.3, -0.25) is 9.69 Å². The van der Waals surface area contributed by atoms with Crippen molar-refractivity contribution in [2.75, 3.05) is 27.2 Å². The first-order valence-corrected chi connectivity index (χ1v) is 11.7. The number of methoxy groups -OCH3 is 1. The minimum absolute atomic E-state index is 0.103. The van der Waals surface area contributed by atoms with Gasteiger partial charge in [0.15, 0.2) is 0 Å². The number of piperidine rings is 1. The molecule has 1 aliphatic rings. The Labute approximate surface area is 201 Å². The fourth-order valence-corrected chi connectivity index (χ4v) is 4.33. The van der Waals surface area contributed by atoms with Gasteiger partial charge in [0.1, 0.15) is 23.2 Å². The fourth-order valence-electron chi connectivity index (χ4n) is 4.33. The predicted octanol–water partition coefficient (Wildman–Crippen LogP) is 5.02. The average molecular weight is 471 g/mol. The number of amides is 2. The summed E-state index contributed by atoms with van der Waals surface area (Å²) in [5, 5.41) is 0. The molecule has 0 saturated carbocycles. The third kappa shape index (κ3) is 6.49. The molecule has 1 aliphatic heterocycles. The quantitative estimate of drug-likeness (QED) is 0.595. The van der Waals surface area contributed by atoms with E-state index >= 15 is 0 Å². The van der Waals surface area contributed by atoms with E-state index in [1.807, 2.05) is 30.3 Å². The lowest BCUT2D eigenvalue weighted by atomic mass is 9.88. The molecule has 0 aliphatic carbocycles. The second-order valence-corrected chi connectivity index (χ2v) is 9.78. The highest BCUT2D eigenvalue weighted by Gasteiger charge is 2.35. The van der Waals surface area contributed by atoms with Crippen LogP contribution in [0.1, 0.15) is 50.7 Å². The van der Waals surface area contributed by atoms with Gasteiger partial charge in [-0.05, 0) is 63.3 Å². The average Bonchev–Trinajstić information content (AvgIpc) is 2.81. The van der Waals surface area contributed by atoms with Crippen LogP contribution in [0.3, 0.4) is 0 Å². The first-order valence-electron chi connectivity index (χ1n) is 11.7. The van der Waals surface area contributed by atoms with Gasteiger partial charge < -0.3 is 14.4 Å². The van der Waals surface area contributed by atoms with Gasteiger partial charge in [0.05, 0.1) is 7.11 Å². The van der Waals surface area contributed by atoms with E-state index in [4.69, 9.17) is 9.47 Å². The summed E-state index contributed by atoms with van der Waals surface area (Å²) in [4.78, 5) is 29.6. The zero-order valence-corrected chi connectivity index (χ0v) is 20.7. The van der Waals surface area contributed by atoms with Crippen LogP contribution < -0.4 is 4.74 Å². The summed E-state index contributed by atoms with van der Waals surface area (Å²) < 4.78 is 24.8. The first kappa shape index (κ1) is 25.5. The number of carbonyl (C=O) groups excluding carboxylic acids is 2. The van der Waals surface area contributed by atoms with Crippen LogP contribution >= 0.6 is 0 Å². The monoisotopic (exact) mass is 470 g/mol. The molecule has 184 valence electrons. The topological polar surface area (TPSA) is 59.1 Å². The standard InChI is InChI=1S/C27H35FN2O4/c1-27(2,3)34-26(32)29(4)23(17-19-9-7-6-8-10-19)25(31)30-15-13-20(14-16-30)22-18-21(28)11-12-24(22)33-5/h6-12,18,20,23H,13-17H2,1-5H3. The number of benzene rings is 2. The van der Waals surface area contributed by atoms with E-state index in [1.165, 1.54) is 17.0 Å². The molecule has 0 N–H and O–H groups in total. The number of rotatable bonds is 6. The first-order chi connectivity index (χ1) is 16.1. The molecule has 1 saturated heterocycles. The summed E-state index contributed by atoms with van der Waals surface area (Å²) in [6.45, 7) is 6.46. The van der Waals surface area contributed by atoms with Crippen molar-refractivity contribution in [2.24, 2.45) is 0 Å². The van der Waals surface area contributed by atoms with E-state index in [0.717, 1.165) is 11.1 Å². The smallest absolute Gasteiger partial charge is 0.410 e. The van der Waals surface area contributed by atoms with Crippen LogP contribution in [0.2, 0.25) is 0 Å². The van der Waals surface area contributed by atoms with Crippen LogP contribution in [0, 0.1) is 5.82 Å². The van der Waals surface area contributed by atoms with Gasteiger partial charge in [-0.2, -0.15) is 0 Å². The molecule has 34 heavy (non-hydrogen) atoms. The predicted molar refractivity (Wildman–Crippen MR) is 129 cm³/mol. The van der Waals surface area contributed by atoms with Crippen molar-refractivity contribution in [1.29, 1.82) is 0 Å². The largest absolute Gasteiger partial charge is 0.496 e. The zero-order valence-electron chi connectivity index (χ0n) is 20.7. The molecule has 0 spiro atoms. The maximum atomic E-state index is 13.9. The molecule has 0 aromatic heterocycles. The summed E-state index contributed by atoms with van der Waals surface area (Å²) in [6, 6.07) is 13.5. The molecule has 2 aromatic carbocycles. The molecule has 1 fully saturated rings. The summed E-state index contributed by atoms with van der Waals surface area (Å²) >= 11 is 0. The molecule has 7 heteroatoms. The molecule has 2 amide bonds. The molecule has 1 unspecified atom stereocenters. The van der Waals surface area contributed by atoms with Crippen LogP contribution in [0.25, 0.3) is 0 Å². The maximum absolute atomic E-state index is 13.9. The lowest BCUT2D eigenvalue weighted by molar-refractivity contribution is -0.137. The number of ether oxygens (including phenoxy) is 2. The van der Waals surface area contributed by atoms with E-state index < -0.39 is 17.7 Å².